The van der Waals surface area contributed by atoms with E-state index >= 15 is 0 Å². The number of pyridine rings is 1. The van der Waals surface area contributed by atoms with Gasteiger partial charge in [-0.3, -0.25) is 4.98 Å². The molecule has 0 aliphatic carbocycles. The molecule has 1 aromatic rings. The molecule has 60 valence electrons. The van der Waals surface area contributed by atoms with Crippen molar-refractivity contribution in [2.75, 3.05) is 0 Å². The molecule has 1 heterocycles. The predicted molar refractivity (Wildman–Crippen MR) is 40.8 cm³/mol. The van der Waals surface area contributed by atoms with Crippen molar-refractivity contribution in [1.82, 2.24) is 4.98 Å². The Morgan fingerprint density at radius 1 is 1.36 bits per heavy atom. The average Bonchev–Trinajstić information content (AvgIpc) is 2.04. The quantitative estimate of drug-likeness (QED) is 0.645. The topological polar surface area (TPSA) is 53.4 Å². The van der Waals surface area contributed by atoms with Crippen LogP contribution in [0.1, 0.15) is 16.8 Å². The van der Waals surface area contributed by atoms with Crippen LogP contribution in [0.15, 0.2) is 12.3 Å². The molecule has 0 amide bonds. The summed E-state index contributed by atoms with van der Waals surface area (Å²) in [6.07, 6.45) is 1.63. The fraction of sp³-hybridized carbons (Fsp3) is 0.375. The number of hydrogen-bond acceptors (Lipinski definition) is 3. The van der Waals surface area contributed by atoms with Crippen LogP contribution in [0.5, 0.6) is 0 Å². The molecule has 0 saturated heterocycles. The van der Waals surface area contributed by atoms with Crippen LogP contribution in [0.4, 0.5) is 0 Å². The van der Waals surface area contributed by atoms with Crippen LogP contribution in [0.25, 0.3) is 0 Å². The lowest BCUT2D eigenvalue weighted by molar-refractivity contribution is 0.255. The third-order valence-electron chi connectivity index (χ3n) is 1.69. The second-order valence-corrected chi connectivity index (χ2v) is 2.37. The fourth-order valence-corrected chi connectivity index (χ4v) is 0.997. The van der Waals surface area contributed by atoms with E-state index in [2.05, 4.69) is 4.98 Å². The number of aryl methyl sites for hydroxylation is 1. The van der Waals surface area contributed by atoms with Gasteiger partial charge in [-0.05, 0) is 18.6 Å². The molecule has 11 heavy (non-hydrogen) atoms. The Labute approximate surface area is 65.3 Å². The van der Waals surface area contributed by atoms with E-state index in [-0.39, 0.29) is 13.2 Å². The van der Waals surface area contributed by atoms with Gasteiger partial charge >= 0.3 is 0 Å². The average molecular weight is 153 g/mol. The van der Waals surface area contributed by atoms with Crippen molar-refractivity contribution in [2.24, 2.45) is 0 Å². The molecule has 0 aromatic carbocycles. The van der Waals surface area contributed by atoms with Crippen molar-refractivity contribution in [3.05, 3.63) is 29.1 Å². The molecule has 0 bridgehead atoms. The maximum absolute atomic E-state index is 8.88. The van der Waals surface area contributed by atoms with Crippen LogP contribution in [-0.4, -0.2) is 15.2 Å². The third kappa shape index (κ3) is 1.56. The largest absolute Gasteiger partial charge is 0.392 e. The monoisotopic (exact) mass is 153 g/mol. The minimum atomic E-state index is -0.114. The van der Waals surface area contributed by atoms with Gasteiger partial charge in [0.2, 0.25) is 0 Å². The lowest BCUT2D eigenvalue weighted by Crippen LogP contribution is -1.99. The Kier molecular flexibility index (Phi) is 2.57. The van der Waals surface area contributed by atoms with Crippen molar-refractivity contribution in [3.63, 3.8) is 0 Å². The molecule has 1 aromatic heterocycles. The van der Waals surface area contributed by atoms with Crippen molar-refractivity contribution >= 4 is 0 Å². The van der Waals surface area contributed by atoms with Gasteiger partial charge in [0.1, 0.15) is 0 Å². The van der Waals surface area contributed by atoms with E-state index in [1.54, 1.807) is 6.20 Å². The van der Waals surface area contributed by atoms with Gasteiger partial charge < -0.3 is 10.2 Å². The maximum Gasteiger partial charge on any atom is 0.0856 e. The minimum absolute atomic E-state index is 0.0600. The molecule has 0 aliphatic rings. The predicted octanol–water partition coefficient (Wildman–Crippen LogP) is 0.375. The van der Waals surface area contributed by atoms with Crippen LogP contribution >= 0.6 is 0 Å². The van der Waals surface area contributed by atoms with Crippen molar-refractivity contribution in [3.8, 4) is 0 Å². The first-order chi connectivity index (χ1) is 5.29. The summed E-state index contributed by atoms with van der Waals surface area (Å²) in [6, 6.07) is 1.81. The molecule has 0 spiro atoms. The van der Waals surface area contributed by atoms with Crippen molar-refractivity contribution < 1.29 is 10.2 Å². The first-order valence-electron chi connectivity index (χ1n) is 3.44. The van der Waals surface area contributed by atoms with Crippen molar-refractivity contribution in [2.45, 2.75) is 20.1 Å². The maximum atomic E-state index is 8.88. The first-order valence-corrected chi connectivity index (χ1v) is 3.44. The highest BCUT2D eigenvalue weighted by atomic mass is 16.3. The van der Waals surface area contributed by atoms with Crippen LogP contribution in [0.3, 0.4) is 0 Å². The van der Waals surface area contributed by atoms with E-state index < -0.39 is 0 Å². The molecule has 0 unspecified atom stereocenters. The number of aliphatic hydroxyl groups excluding tert-OH is 2. The molecule has 3 nitrogen and oxygen atoms in total. The lowest BCUT2D eigenvalue weighted by atomic mass is 10.1. The SMILES string of the molecule is Cc1ccnc(CO)c1CO. The number of rotatable bonds is 2. The molecule has 1 rings (SSSR count). The van der Waals surface area contributed by atoms with Gasteiger partial charge in [0, 0.05) is 11.8 Å². The van der Waals surface area contributed by atoms with Gasteiger partial charge in [0.25, 0.3) is 0 Å². The van der Waals surface area contributed by atoms with Crippen molar-refractivity contribution in [1.29, 1.82) is 0 Å². The summed E-state index contributed by atoms with van der Waals surface area (Å²) in [5.74, 6) is 0. The van der Waals surface area contributed by atoms with Gasteiger partial charge in [0.05, 0.1) is 18.9 Å². The summed E-state index contributed by atoms with van der Waals surface area (Å²) in [6.45, 7) is 1.71. The summed E-state index contributed by atoms with van der Waals surface area (Å²) in [4.78, 5) is 3.92. The molecule has 0 atom stereocenters. The molecular weight excluding hydrogens is 142 g/mol. The number of aromatic nitrogens is 1. The summed E-state index contributed by atoms with van der Waals surface area (Å²) < 4.78 is 0. The number of aliphatic hydroxyl groups is 2. The smallest absolute Gasteiger partial charge is 0.0856 e. The normalized spacial score (nSPS) is 10.1. The van der Waals surface area contributed by atoms with E-state index in [1.807, 2.05) is 13.0 Å². The van der Waals surface area contributed by atoms with E-state index in [1.165, 1.54) is 0 Å². The van der Waals surface area contributed by atoms with E-state index in [9.17, 15) is 0 Å². The molecule has 0 saturated carbocycles. The summed E-state index contributed by atoms with van der Waals surface area (Å²) in [5.41, 5.74) is 2.26. The second kappa shape index (κ2) is 3.46. The van der Waals surface area contributed by atoms with Gasteiger partial charge in [-0.2, -0.15) is 0 Å². The summed E-state index contributed by atoms with van der Waals surface area (Å²) in [5, 5.41) is 17.7. The Morgan fingerprint density at radius 3 is 2.55 bits per heavy atom. The highest BCUT2D eigenvalue weighted by Crippen LogP contribution is 2.10. The zero-order valence-electron chi connectivity index (χ0n) is 6.41. The second-order valence-electron chi connectivity index (χ2n) is 2.37. The molecular formula is C8H11NO2. The Hall–Kier alpha value is -0.930. The number of nitrogens with zero attached hydrogens (tertiary/aromatic N) is 1. The Bertz CT molecular complexity index is 248. The first kappa shape index (κ1) is 8.17. The highest BCUT2D eigenvalue weighted by molar-refractivity contribution is 5.27. The Balaban J connectivity index is 3.13. The number of hydrogen-bond donors (Lipinski definition) is 2. The molecule has 0 radical (unpaired) electrons. The Morgan fingerprint density at radius 2 is 2.09 bits per heavy atom. The van der Waals surface area contributed by atoms with Crippen LogP contribution < -0.4 is 0 Å². The lowest BCUT2D eigenvalue weighted by Gasteiger charge is -2.05. The molecule has 0 aliphatic heterocycles. The zero-order valence-corrected chi connectivity index (χ0v) is 6.41. The molecule has 0 fully saturated rings. The van der Waals surface area contributed by atoms with Gasteiger partial charge in [-0.15, -0.1) is 0 Å². The van der Waals surface area contributed by atoms with Gasteiger partial charge in [0.15, 0.2) is 0 Å². The van der Waals surface area contributed by atoms with E-state index in [0.29, 0.717) is 5.69 Å². The van der Waals surface area contributed by atoms with Gasteiger partial charge in [-0.1, -0.05) is 0 Å². The van der Waals surface area contributed by atoms with Crippen LogP contribution in [0, 0.1) is 6.92 Å². The standard InChI is InChI=1S/C8H11NO2/c1-6-2-3-9-8(5-11)7(6)4-10/h2-3,10-11H,4-5H2,1H3. The minimum Gasteiger partial charge on any atom is -0.392 e. The van der Waals surface area contributed by atoms with Gasteiger partial charge in [-0.25, -0.2) is 0 Å². The van der Waals surface area contributed by atoms with E-state index in [0.717, 1.165) is 11.1 Å². The summed E-state index contributed by atoms with van der Waals surface area (Å²) in [7, 11) is 0. The van der Waals surface area contributed by atoms with E-state index in [4.69, 9.17) is 10.2 Å². The molecule has 2 N–H and O–H groups in total. The molecule has 3 heteroatoms. The zero-order chi connectivity index (χ0) is 8.27. The fourth-order valence-electron chi connectivity index (χ4n) is 0.997. The van der Waals surface area contributed by atoms with Crippen LogP contribution in [0.2, 0.25) is 0 Å². The summed E-state index contributed by atoms with van der Waals surface area (Å²) >= 11 is 0. The van der Waals surface area contributed by atoms with Crippen LogP contribution in [-0.2, 0) is 13.2 Å². The highest BCUT2D eigenvalue weighted by Gasteiger charge is 2.03. The third-order valence-corrected chi connectivity index (χ3v) is 1.69.